The second kappa shape index (κ2) is 4.12. The van der Waals surface area contributed by atoms with E-state index >= 15 is 0 Å². The van der Waals surface area contributed by atoms with E-state index in [-0.39, 0.29) is 0 Å². The van der Waals surface area contributed by atoms with Crippen molar-refractivity contribution in [3.8, 4) is 0 Å². The van der Waals surface area contributed by atoms with E-state index in [4.69, 9.17) is 0 Å². The molecule has 1 N–H and O–H groups in total. The number of carboxylic acids is 1. The number of aromatic carboxylic acids is 1. The summed E-state index contributed by atoms with van der Waals surface area (Å²) >= 11 is 0. The average Bonchev–Trinajstić information content (AvgIpc) is 3.05. The van der Waals surface area contributed by atoms with Crippen LogP contribution in [-0.4, -0.2) is 20.6 Å². The molecular weight excluding hydrogens is 228 g/mol. The van der Waals surface area contributed by atoms with Crippen molar-refractivity contribution in [1.82, 2.24) is 9.55 Å². The highest BCUT2D eigenvalue weighted by atomic mass is 16.4. The standard InChI is InChI=1S/C14H16N2O2/c1-9(7-10-5-6-10)16-8-15-12-4-2-3-11(13(12)16)14(17)18/h2-4,8-10H,5-7H2,1H3,(H,17,18). The molecule has 1 aliphatic carbocycles. The Labute approximate surface area is 105 Å². The van der Waals surface area contributed by atoms with E-state index in [1.807, 2.05) is 10.6 Å². The Hall–Kier alpha value is -1.84. The molecule has 94 valence electrons. The summed E-state index contributed by atoms with van der Waals surface area (Å²) in [6.45, 7) is 2.14. The van der Waals surface area contributed by atoms with Gasteiger partial charge in [-0.2, -0.15) is 0 Å². The third-order valence-electron chi connectivity index (χ3n) is 3.67. The topological polar surface area (TPSA) is 55.1 Å². The maximum absolute atomic E-state index is 11.3. The van der Waals surface area contributed by atoms with Crippen LogP contribution in [0.3, 0.4) is 0 Å². The van der Waals surface area contributed by atoms with Gasteiger partial charge in [-0.3, -0.25) is 0 Å². The Morgan fingerprint density at radius 3 is 3.00 bits per heavy atom. The second-order valence-electron chi connectivity index (χ2n) is 5.16. The minimum Gasteiger partial charge on any atom is -0.478 e. The average molecular weight is 244 g/mol. The van der Waals surface area contributed by atoms with Gasteiger partial charge in [0.15, 0.2) is 0 Å². The van der Waals surface area contributed by atoms with Gasteiger partial charge in [0.05, 0.1) is 22.9 Å². The molecule has 0 bridgehead atoms. The van der Waals surface area contributed by atoms with E-state index in [1.165, 1.54) is 12.8 Å². The molecule has 1 fully saturated rings. The Bertz CT molecular complexity index is 599. The molecular formula is C14H16N2O2. The predicted octanol–water partition coefficient (Wildman–Crippen LogP) is 3.10. The molecule has 1 heterocycles. The molecule has 0 amide bonds. The maximum atomic E-state index is 11.3. The fourth-order valence-electron chi connectivity index (χ4n) is 2.55. The van der Waals surface area contributed by atoms with Crippen molar-refractivity contribution in [3.63, 3.8) is 0 Å². The zero-order valence-electron chi connectivity index (χ0n) is 10.3. The summed E-state index contributed by atoms with van der Waals surface area (Å²) in [5, 5.41) is 9.26. The molecule has 1 aromatic heterocycles. The zero-order valence-corrected chi connectivity index (χ0v) is 10.3. The second-order valence-corrected chi connectivity index (χ2v) is 5.16. The van der Waals surface area contributed by atoms with Crippen molar-refractivity contribution in [1.29, 1.82) is 0 Å². The Morgan fingerprint density at radius 2 is 2.33 bits per heavy atom. The van der Waals surface area contributed by atoms with Crippen LogP contribution in [0.25, 0.3) is 11.0 Å². The highest BCUT2D eigenvalue weighted by Gasteiger charge is 2.25. The van der Waals surface area contributed by atoms with Crippen molar-refractivity contribution in [2.45, 2.75) is 32.2 Å². The molecule has 0 radical (unpaired) electrons. The van der Waals surface area contributed by atoms with E-state index in [2.05, 4.69) is 11.9 Å². The first-order chi connectivity index (χ1) is 8.66. The van der Waals surface area contributed by atoms with Crippen LogP contribution in [0, 0.1) is 5.92 Å². The summed E-state index contributed by atoms with van der Waals surface area (Å²) in [6.07, 6.45) is 5.50. The molecule has 3 rings (SSSR count). The van der Waals surface area contributed by atoms with Crippen molar-refractivity contribution >= 4 is 17.0 Å². The van der Waals surface area contributed by atoms with Gasteiger partial charge in [0.1, 0.15) is 0 Å². The summed E-state index contributed by atoms with van der Waals surface area (Å²) in [5.41, 5.74) is 1.85. The SMILES string of the molecule is CC(CC1CC1)n1cnc2cccc(C(=O)O)c21. The lowest BCUT2D eigenvalue weighted by molar-refractivity contribution is 0.0698. The van der Waals surface area contributed by atoms with Crippen LogP contribution in [0.4, 0.5) is 0 Å². The maximum Gasteiger partial charge on any atom is 0.337 e. The summed E-state index contributed by atoms with van der Waals surface area (Å²) in [4.78, 5) is 15.6. The number of hydrogen-bond acceptors (Lipinski definition) is 2. The fourth-order valence-corrected chi connectivity index (χ4v) is 2.55. The zero-order chi connectivity index (χ0) is 12.7. The Kier molecular flexibility index (Phi) is 2.58. The molecule has 1 aromatic carbocycles. The van der Waals surface area contributed by atoms with Gasteiger partial charge >= 0.3 is 5.97 Å². The monoisotopic (exact) mass is 244 g/mol. The first-order valence-corrected chi connectivity index (χ1v) is 6.35. The third-order valence-corrected chi connectivity index (χ3v) is 3.67. The number of rotatable bonds is 4. The van der Waals surface area contributed by atoms with Crippen LogP contribution in [0.5, 0.6) is 0 Å². The minimum atomic E-state index is -0.888. The number of carboxylic acid groups (broad SMARTS) is 1. The van der Waals surface area contributed by atoms with E-state index in [0.717, 1.165) is 23.4 Å². The lowest BCUT2D eigenvalue weighted by atomic mass is 10.1. The number of nitrogens with zero attached hydrogens (tertiary/aromatic N) is 2. The molecule has 4 nitrogen and oxygen atoms in total. The summed E-state index contributed by atoms with van der Waals surface area (Å²) in [5.74, 6) is -0.0737. The lowest BCUT2D eigenvalue weighted by Crippen LogP contribution is -2.08. The van der Waals surface area contributed by atoms with Gasteiger partial charge in [-0.15, -0.1) is 0 Å². The summed E-state index contributed by atoms with van der Waals surface area (Å²) < 4.78 is 2.01. The third kappa shape index (κ3) is 1.88. The molecule has 18 heavy (non-hydrogen) atoms. The Morgan fingerprint density at radius 1 is 1.56 bits per heavy atom. The smallest absolute Gasteiger partial charge is 0.337 e. The normalized spacial score (nSPS) is 16.9. The van der Waals surface area contributed by atoms with Gasteiger partial charge in [-0.05, 0) is 31.4 Å². The van der Waals surface area contributed by atoms with Crippen LogP contribution in [-0.2, 0) is 0 Å². The highest BCUT2D eigenvalue weighted by molar-refractivity contribution is 6.01. The van der Waals surface area contributed by atoms with E-state index in [9.17, 15) is 9.90 Å². The van der Waals surface area contributed by atoms with E-state index in [1.54, 1.807) is 18.5 Å². The molecule has 0 spiro atoms. The molecule has 2 aromatic rings. The number of carbonyl (C=O) groups is 1. The Balaban J connectivity index is 2.07. The van der Waals surface area contributed by atoms with Crippen LogP contribution in [0.1, 0.15) is 42.6 Å². The van der Waals surface area contributed by atoms with Crippen molar-refractivity contribution in [2.75, 3.05) is 0 Å². The van der Waals surface area contributed by atoms with Crippen molar-refractivity contribution in [3.05, 3.63) is 30.1 Å². The van der Waals surface area contributed by atoms with Crippen LogP contribution < -0.4 is 0 Å². The molecule has 1 atom stereocenters. The van der Waals surface area contributed by atoms with Gasteiger partial charge in [0, 0.05) is 6.04 Å². The highest BCUT2D eigenvalue weighted by Crippen LogP contribution is 2.37. The largest absolute Gasteiger partial charge is 0.478 e. The minimum absolute atomic E-state index is 0.308. The number of benzene rings is 1. The van der Waals surface area contributed by atoms with Gasteiger partial charge in [0.2, 0.25) is 0 Å². The van der Waals surface area contributed by atoms with Gasteiger partial charge in [0.25, 0.3) is 0 Å². The number of fused-ring (bicyclic) bond motifs is 1. The van der Waals surface area contributed by atoms with Crippen LogP contribution in [0.2, 0.25) is 0 Å². The first kappa shape index (κ1) is 11.3. The summed E-state index contributed by atoms with van der Waals surface area (Å²) in [7, 11) is 0. The molecule has 1 saturated carbocycles. The van der Waals surface area contributed by atoms with Gasteiger partial charge in [-0.1, -0.05) is 18.9 Å². The molecule has 1 unspecified atom stereocenters. The van der Waals surface area contributed by atoms with E-state index in [0.29, 0.717) is 11.6 Å². The first-order valence-electron chi connectivity index (χ1n) is 6.35. The van der Waals surface area contributed by atoms with Gasteiger partial charge in [-0.25, -0.2) is 9.78 Å². The quantitative estimate of drug-likeness (QED) is 0.899. The number of hydrogen-bond donors (Lipinski definition) is 1. The van der Waals surface area contributed by atoms with E-state index < -0.39 is 5.97 Å². The summed E-state index contributed by atoms with van der Waals surface area (Å²) in [6, 6.07) is 5.56. The molecule has 1 aliphatic rings. The molecule has 0 saturated heterocycles. The number of imidazole rings is 1. The molecule has 0 aliphatic heterocycles. The van der Waals surface area contributed by atoms with Crippen molar-refractivity contribution in [2.24, 2.45) is 5.92 Å². The van der Waals surface area contributed by atoms with Crippen LogP contribution in [0.15, 0.2) is 24.5 Å². The molecule has 4 heteroatoms. The fraction of sp³-hybridized carbons (Fsp3) is 0.429. The lowest BCUT2D eigenvalue weighted by Gasteiger charge is -2.14. The van der Waals surface area contributed by atoms with Gasteiger partial charge < -0.3 is 9.67 Å². The number of aromatic nitrogens is 2. The predicted molar refractivity (Wildman–Crippen MR) is 68.7 cm³/mol. The number of para-hydroxylation sites is 1. The van der Waals surface area contributed by atoms with Crippen molar-refractivity contribution < 1.29 is 9.90 Å². The van der Waals surface area contributed by atoms with Crippen LogP contribution >= 0.6 is 0 Å².